The van der Waals surface area contributed by atoms with Crippen LogP contribution in [0.1, 0.15) is 23.3 Å². The fourth-order valence-corrected chi connectivity index (χ4v) is 3.72. The molecule has 25 heavy (non-hydrogen) atoms. The number of likely N-dealkylation sites (N-methyl/N-ethyl adjacent to an activating group) is 1. The van der Waals surface area contributed by atoms with Crippen LogP contribution >= 0.6 is 11.3 Å². The zero-order valence-electron chi connectivity index (χ0n) is 14.4. The van der Waals surface area contributed by atoms with Crippen LogP contribution in [0, 0.1) is 0 Å². The molecule has 2 amide bonds. The maximum absolute atomic E-state index is 12.9. The molecule has 1 aliphatic heterocycles. The van der Waals surface area contributed by atoms with Crippen molar-refractivity contribution in [1.29, 1.82) is 0 Å². The Morgan fingerprint density at radius 2 is 1.88 bits per heavy atom. The molecule has 1 aliphatic rings. The van der Waals surface area contributed by atoms with Gasteiger partial charge in [0.05, 0.1) is 5.51 Å². The maximum Gasteiger partial charge on any atom is 0.273 e. The van der Waals surface area contributed by atoms with Gasteiger partial charge in [-0.15, -0.1) is 11.3 Å². The van der Waals surface area contributed by atoms with E-state index in [4.69, 9.17) is 0 Å². The highest BCUT2D eigenvalue weighted by Gasteiger charge is 2.43. The highest BCUT2D eigenvalue weighted by molar-refractivity contribution is 7.07. The van der Waals surface area contributed by atoms with E-state index in [1.807, 2.05) is 30.3 Å². The monoisotopic (exact) mass is 358 g/mol. The lowest BCUT2D eigenvalue weighted by Crippen LogP contribution is -2.58. The molecule has 132 valence electrons. The Bertz CT molecular complexity index is 723. The standard InChI is InChI=1S/C18H22N4O2S/c1-21(2)17(24)18(20-14-6-4-3-5-7-14)8-10-22(11-9-18)16(23)15-12-25-13-19-15/h3-7,12-13,20H,8-11H2,1-2H3. The van der Waals surface area contributed by atoms with Crippen LogP contribution in [0.4, 0.5) is 5.69 Å². The summed E-state index contributed by atoms with van der Waals surface area (Å²) < 4.78 is 0. The van der Waals surface area contributed by atoms with Crippen molar-refractivity contribution in [1.82, 2.24) is 14.8 Å². The number of benzene rings is 1. The maximum atomic E-state index is 12.9. The summed E-state index contributed by atoms with van der Waals surface area (Å²) in [4.78, 5) is 32.9. The van der Waals surface area contributed by atoms with Gasteiger partial charge in [-0.05, 0) is 25.0 Å². The predicted molar refractivity (Wildman–Crippen MR) is 98.7 cm³/mol. The van der Waals surface area contributed by atoms with E-state index in [2.05, 4.69) is 10.3 Å². The number of nitrogens with zero attached hydrogens (tertiary/aromatic N) is 3. The van der Waals surface area contributed by atoms with Gasteiger partial charge in [0.2, 0.25) is 5.91 Å². The Labute approximate surface area is 151 Å². The molecule has 1 N–H and O–H groups in total. The lowest BCUT2D eigenvalue weighted by atomic mass is 9.85. The summed E-state index contributed by atoms with van der Waals surface area (Å²) in [6.45, 7) is 1.05. The molecular weight excluding hydrogens is 336 g/mol. The summed E-state index contributed by atoms with van der Waals surface area (Å²) in [7, 11) is 3.53. The summed E-state index contributed by atoms with van der Waals surface area (Å²) in [5, 5.41) is 5.19. The number of thiazole rings is 1. The normalized spacial score (nSPS) is 16.3. The lowest BCUT2D eigenvalue weighted by Gasteiger charge is -2.42. The average Bonchev–Trinajstić information content (AvgIpc) is 3.16. The van der Waals surface area contributed by atoms with Crippen LogP contribution in [0.5, 0.6) is 0 Å². The number of rotatable bonds is 4. The van der Waals surface area contributed by atoms with Crippen molar-refractivity contribution >= 4 is 28.8 Å². The van der Waals surface area contributed by atoms with E-state index in [1.54, 1.807) is 34.8 Å². The molecule has 1 saturated heterocycles. The van der Waals surface area contributed by atoms with Crippen LogP contribution in [0.25, 0.3) is 0 Å². The van der Waals surface area contributed by atoms with E-state index in [1.165, 1.54) is 11.3 Å². The number of hydrogen-bond acceptors (Lipinski definition) is 5. The van der Waals surface area contributed by atoms with Gasteiger partial charge >= 0.3 is 0 Å². The van der Waals surface area contributed by atoms with E-state index in [0.29, 0.717) is 31.6 Å². The van der Waals surface area contributed by atoms with Gasteiger partial charge in [0, 0.05) is 38.3 Å². The van der Waals surface area contributed by atoms with Gasteiger partial charge in [-0.3, -0.25) is 9.59 Å². The Morgan fingerprint density at radius 3 is 2.44 bits per heavy atom. The highest BCUT2D eigenvalue weighted by Crippen LogP contribution is 2.29. The zero-order valence-corrected chi connectivity index (χ0v) is 15.3. The number of hydrogen-bond donors (Lipinski definition) is 1. The summed E-state index contributed by atoms with van der Waals surface area (Å²) in [6, 6.07) is 9.74. The molecule has 0 saturated carbocycles. The van der Waals surface area contributed by atoms with Crippen molar-refractivity contribution in [2.75, 3.05) is 32.5 Å². The molecule has 1 fully saturated rings. The molecule has 1 aromatic heterocycles. The Hall–Kier alpha value is -2.41. The van der Waals surface area contributed by atoms with E-state index >= 15 is 0 Å². The number of piperidine rings is 1. The van der Waals surface area contributed by atoms with Gasteiger partial charge in [-0.2, -0.15) is 0 Å². The highest BCUT2D eigenvalue weighted by atomic mass is 32.1. The van der Waals surface area contributed by atoms with Crippen molar-refractivity contribution in [3.05, 3.63) is 46.9 Å². The summed E-state index contributed by atoms with van der Waals surface area (Å²) >= 11 is 1.41. The first-order chi connectivity index (χ1) is 12.0. The van der Waals surface area contributed by atoms with E-state index < -0.39 is 5.54 Å². The van der Waals surface area contributed by atoms with Gasteiger partial charge in [0.25, 0.3) is 5.91 Å². The molecule has 0 unspecified atom stereocenters. The van der Waals surface area contributed by atoms with Crippen LogP contribution in [-0.4, -0.2) is 59.3 Å². The lowest BCUT2D eigenvalue weighted by molar-refractivity contribution is -0.135. The summed E-state index contributed by atoms with van der Waals surface area (Å²) in [5.41, 5.74) is 2.36. The van der Waals surface area contributed by atoms with Gasteiger partial charge in [0.15, 0.2) is 0 Å². The van der Waals surface area contributed by atoms with E-state index in [-0.39, 0.29) is 11.8 Å². The van der Waals surface area contributed by atoms with E-state index in [9.17, 15) is 9.59 Å². The van der Waals surface area contributed by atoms with Crippen LogP contribution in [-0.2, 0) is 4.79 Å². The van der Waals surface area contributed by atoms with Crippen molar-refractivity contribution in [3.63, 3.8) is 0 Å². The largest absolute Gasteiger partial charge is 0.371 e. The number of amides is 2. The van der Waals surface area contributed by atoms with Gasteiger partial charge in [-0.25, -0.2) is 4.98 Å². The number of anilines is 1. The van der Waals surface area contributed by atoms with Crippen LogP contribution in [0.15, 0.2) is 41.2 Å². The first-order valence-corrected chi connectivity index (χ1v) is 9.18. The minimum atomic E-state index is -0.691. The molecular formula is C18H22N4O2S. The molecule has 7 heteroatoms. The molecule has 0 bridgehead atoms. The second kappa shape index (κ2) is 7.23. The first-order valence-electron chi connectivity index (χ1n) is 8.24. The SMILES string of the molecule is CN(C)C(=O)C1(Nc2ccccc2)CCN(C(=O)c2cscn2)CC1. The first kappa shape index (κ1) is 17.4. The van der Waals surface area contributed by atoms with Crippen LogP contribution in [0.3, 0.4) is 0 Å². The molecule has 2 heterocycles. The quantitative estimate of drug-likeness (QED) is 0.911. The number of carbonyl (C=O) groups excluding carboxylic acids is 2. The molecule has 0 radical (unpaired) electrons. The van der Waals surface area contributed by atoms with Crippen LogP contribution < -0.4 is 5.32 Å². The van der Waals surface area contributed by atoms with Crippen LogP contribution in [0.2, 0.25) is 0 Å². The third-order valence-electron chi connectivity index (χ3n) is 4.53. The molecule has 0 atom stereocenters. The third kappa shape index (κ3) is 3.66. The average molecular weight is 358 g/mol. The van der Waals surface area contributed by atoms with Crippen molar-refractivity contribution in [2.24, 2.45) is 0 Å². The molecule has 2 aromatic rings. The topological polar surface area (TPSA) is 65.5 Å². The van der Waals surface area contributed by atoms with Crippen molar-refractivity contribution in [2.45, 2.75) is 18.4 Å². The fourth-order valence-electron chi connectivity index (χ4n) is 3.19. The molecule has 3 rings (SSSR count). The van der Waals surface area contributed by atoms with Crippen molar-refractivity contribution < 1.29 is 9.59 Å². The number of likely N-dealkylation sites (tertiary alicyclic amines) is 1. The Morgan fingerprint density at radius 1 is 1.20 bits per heavy atom. The second-order valence-corrected chi connectivity index (χ2v) is 7.16. The molecule has 6 nitrogen and oxygen atoms in total. The molecule has 1 aromatic carbocycles. The zero-order chi connectivity index (χ0) is 17.9. The van der Waals surface area contributed by atoms with Gasteiger partial charge in [-0.1, -0.05) is 18.2 Å². The summed E-state index contributed by atoms with van der Waals surface area (Å²) in [6.07, 6.45) is 1.13. The number of carbonyl (C=O) groups is 2. The summed E-state index contributed by atoms with van der Waals surface area (Å²) in [5.74, 6) is -0.0241. The molecule has 0 spiro atoms. The fraction of sp³-hybridized carbons (Fsp3) is 0.389. The second-order valence-electron chi connectivity index (χ2n) is 6.44. The van der Waals surface area contributed by atoms with Crippen molar-refractivity contribution in [3.8, 4) is 0 Å². The minimum Gasteiger partial charge on any atom is -0.371 e. The van der Waals surface area contributed by atoms with Gasteiger partial charge < -0.3 is 15.1 Å². The molecule has 0 aliphatic carbocycles. The number of para-hydroxylation sites is 1. The smallest absolute Gasteiger partial charge is 0.273 e. The number of aromatic nitrogens is 1. The predicted octanol–water partition coefficient (Wildman–Crippen LogP) is 2.32. The van der Waals surface area contributed by atoms with E-state index in [0.717, 1.165) is 5.69 Å². The minimum absolute atomic E-state index is 0.0390. The third-order valence-corrected chi connectivity index (χ3v) is 5.12. The number of nitrogens with one attached hydrogen (secondary N) is 1. The Balaban J connectivity index is 1.76. The Kier molecular flexibility index (Phi) is 5.03. The van der Waals surface area contributed by atoms with Gasteiger partial charge in [0.1, 0.15) is 11.2 Å².